The summed E-state index contributed by atoms with van der Waals surface area (Å²) in [5.74, 6) is 0.177. The van der Waals surface area contributed by atoms with E-state index in [4.69, 9.17) is 15.2 Å². The topological polar surface area (TPSA) is 111 Å². The molecule has 9 heteroatoms. The first-order valence-corrected chi connectivity index (χ1v) is 9.79. The van der Waals surface area contributed by atoms with Gasteiger partial charge in [0.2, 0.25) is 15.9 Å². The molecular weight excluding hydrogens is 358 g/mol. The lowest BCUT2D eigenvalue weighted by Gasteiger charge is -2.25. The zero-order chi connectivity index (χ0) is 19.9. The third kappa shape index (κ3) is 5.33. The largest absolute Gasteiger partial charge is 0.493 e. The summed E-state index contributed by atoms with van der Waals surface area (Å²) in [6.45, 7) is 2.05. The predicted molar refractivity (Wildman–Crippen MR) is 101 cm³/mol. The summed E-state index contributed by atoms with van der Waals surface area (Å²) in [6.07, 6.45) is 0.526. The molecular formula is C17H29N3O5S. The summed E-state index contributed by atoms with van der Waals surface area (Å²) < 4.78 is 36.4. The zero-order valence-corrected chi connectivity index (χ0v) is 16.8. The van der Waals surface area contributed by atoms with E-state index in [-0.39, 0.29) is 6.54 Å². The van der Waals surface area contributed by atoms with Gasteiger partial charge < -0.3 is 20.5 Å². The molecule has 0 heterocycles. The van der Waals surface area contributed by atoms with Gasteiger partial charge in [-0.3, -0.25) is 4.79 Å². The minimum atomic E-state index is -3.76. The SMILES string of the molecule is COc1ccc(CCNC(=O)C(C(C)CN)S(=O)(=O)N(C)C)cc1OC. The quantitative estimate of drug-likeness (QED) is 0.594. The molecule has 0 radical (unpaired) electrons. The second kappa shape index (κ2) is 9.75. The maximum Gasteiger partial charge on any atom is 0.240 e. The smallest absolute Gasteiger partial charge is 0.240 e. The fourth-order valence-corrected chi connectivity index (χ4v) is 4.01. The van der Waals surface area contributed by atoms with Gasteiger partial charge in [0.05, 0.1) is 14.2 Å². The fraction of sp³-hybridized carbons (Fsp3) is 0.588. The Morgan fingerprint density at radius 2 is 1.85 bits per heavy atom. The van der Waals surface area contributed by atoms with E-state index in [1.165, 1.54) is 14.1 Å². The minimum Gasteiger partial charge on any atom is -0.493 e. The predicted octanol–water partition coefficient (Wildman–Crippen LogP) is 0.217. The molecule has 1 amide bonds. The maximum atomic E-state index is 12.5. The third-order valence-corrected chi connectivity index (χ3v) is 6.48. The van der Waals surface area contributed by atoms with Crippen molar-refractivity contribution in [2.75, 3.05) is 41.4 Å². The summed E-state index contributed by atoms with van der Waals surface area (Å²) in [5, 5.41) is 1.49. The van der Waals surface area contributed by atoms with E-state index in [1.54, 1.807) is 27.2 Å². The second-order valence-corrected chi connectivity index (χ2v) is 8.46. The second-order valence-electron chi connectivity index (χ2n) is 6.19. The Morgan fingerprint density at radius 1 is 1.23 bits per heavy atom. The Morgan fingerprint density at radius 3 is 2.35 bits per heavy atom. The van der Waals surface area contributed by atoms with E-state index in [1.807, 2.05) is 12.1 Å². The molecule has 26 heavy (non-hydrogen) atoms. The van der Waals surface area contributed by atoms with E-state index < -0.39 is 27.1 Å². The maximum absolute atomic E-state index is 12.5. The molecule has 0 aliphatic rings. The van der Waals surface area contributed by atoms with Crippen LogP contribution in [0.1, 0.15) is 12.5 Å². The lowest BCUT2D eigenvalue weighted by Crippen LogP contribution is -2.50. The normalized spacial score (nSPS) is 14.0. The Balaban J connectivity index is 2.80. The van der Waals surface area contributed by atoms with Crippen LogP contribution in [0.5, 0.6) is 11.5 Å². The Bertz CT molecular complexity index is 706. The summed E-state index contributed by atoms with van der Waals surface area (Å²) in [5.41, 5.74) is 6.53. The highest BCUT2D eigenvalue weighted by Gasteiger charge is 2.38. The highest BCUT2D eigenvalue weighted by atomic mass is 32.2. The molecule has 2 atom stereocenters. The van der Waals surface area contributed by atoms with Crippen molar-refractivity contribution < 1.29 is 22.7 Å². The van der Waals surface area contributed by atoms with Crippen molar-refractivity contribution in [2.24, 2.45) is 11.7 Å². The van der Waals surface area contributed by atoms with Gasteiger partial charge in [0.15, 0.2) is 16.7 Å². The van der Waals surface area contributed by atoms with Crippen molar-refractivity contribution in [3.8, 4) is 11.5 Å². The molecule has 0 aromatic heterocycles. The number of nitrogens with one attached hydrogen (secondary N) is 1. The molecule has 1 aromatic carbocycles. The molecule has 0 saturated heterocycles. The molecule has 1 aromatic rings. The van der Waals surface area contributed by atoms with E-state index in [9.17, 15) is 13.2 Å². The van der Waals surface area contributed by atoms with Crippen LogP contribution in [0.15, 0.2) is 18.2 Å². The van der Waals surface area contributed by atoms with Crippen molar-refractivity contribution in [1.29, 1.82) is 0 Å². The van der Waals surface area contributed by atoms with Crippen LogP contribution in [0.3, 0.4) is 0 Å². The van der Waals surface area contributed by atoms with Gasteiger partial charge in [-0.15, -0.1) is 0 Å². The highest BCUT2D eigenvalue weighted by molar-refractivity contribution is 7.90. The first kappa shape index (κ1) is 22.2. The molecule has 148 valence electrons. The molecule has 0 aliphatic carbocycles. The first-order valence-electron chi connectivity index (χ1n) is 8.29. The molecule has 0 bridgehead atoms. The van der Waals surface area contributed by atoms with Crippen molar-refractivity contribution >= 4 is 15.9 Å². The fourth-order valence-electron chi connectivity index (χ4n) is 2.50. The Hall–Kier alpha value is -1.84. The monoisotopic (exact) mass is 387 g/mol. The van der Waals surface area contributed by atoms with Crippen LogP contribution >= 0.6 is 0 Å². The number of methoxy groups -OCH3 is 2. The van der Waals surface area contributed by atoms with E-state index in [2.05, 4.69) is 5.32 Å². The van der Waals surface area contributed by atoms with Crippen LogP contribution in [0.2, 0.25) is 0 Å². The molecule has 3 N–H and O–H groups in total. The summed E-state index contributed by atoms with van der Waals surface area (Å²) in [6, 6.07) is 5.47. The first-order chi connectivity index (χ1) is 12.2. The van der Waals surface area contributed by atoms with Crippen molar-refractivity contribution in [1.82, 2.24) is 9.62 Å². The van der Waals surface area contributed by atoms with Gasteiger partial charge in [0.25, 0.3) is 0 Å². The van der Waals surface area contributed by atoms with Crippen molar-refractivity contribution in [3.63, 3.8) is 0 Å². The molecule has 1 rings (SSSR count). The molecule has 0 saturated carbocycles. The zero-order valence-electron chi connectivity index (χ0n) is 16.0. The molecule has 0 aliphatic heterocycles. The molecule has 0 fully saturated rings. The van der Waals surface area contributed by atoms with E-state index in [0.29, 0.717) is 24.5 Å². The number of nitrogens with zero attached hydrogens (tertiary/aromatic N) is 1. The van der Waals surface area contributed by atoms with Gasteiger partial charge in [-0.05, 0) is 36.6 Å². The van der Waals surface area contributed by atoms with Gasteiger partial charge in [-0.2, -0.15) is 0 Å². The van der Waals surface area contributed by atoms with E-state index >= 15 is 0 Å². The average Bonchev–Trinajstić information content (AvgIpc) is 2.61. The molecule has 8 nitrogen and oxygen atoms in total. The number of rotatable bonds is 10. The summed E-state index contributed by atoms with van der Waals surface area (Å²) in [4.78, 5) is 12.5. The molecule has 2 unspecified atom stereocenters. The van der Waals surface area contributed by atoms with Crippen molar-refractivity contribution in [3.05, 3.63) is 23.8 Å². The summed E-state index contributed by atoms with van der Waals surface area (Å²) in [7, 11) is 2.16. The van der Waals surface area contributed by atoms with Gasteiger partial charge in [-0.25, -0.2) is 12.7 Å². The average molecular weight is 388 g/mol. The number of amides is 1. The standard InChI is InChI=1S/C17H29N3O5S/c1-12(11-18)16(26(22,23)20(2)3)17(21)19-9-8-13-6-7-14(24-4)15(10-13)25-5/h6-7,10,12,16H,8-9,11,18H2,1-5H3,(H,19,21). The Kier molecular flexibility index (Phi) is 8.32. The number of hydrogen-bond donors (Lipinski definition) is 2. The highest BCUT2D eigenvalue weighted by Crippen LogP contribution is 2.27. The van der Waals surface area contributed by atoms with Gasteiger partial charge in [-0.1, -0.05) is 13.0 Å². The van der Waals surface area contributed by atoms with Gasteiger partial charge >= 0.3 is 0 Å². The molecule has 0 spiro atoms. The minimum absolute atomic E-state index is 0.0981. The lowest BCUT2D eigenvalue weighted by molar-refractivity contribution is -0.121. The van der Waals surface area contributed by atoms with Crippen LogP contribution < -0.4 is 20.5 Å². The van der Waals surface area contributed by atoms with Gasteiger partial charge in [0.1, 0.15) is 0 Å². The van der Waals surface area contributed by atoms with Crippen LogP contribution in [-0.4, -0.2) is 65.3 Å². The third-order valence-electron chi connectivity index (χ3n) is 4.14. The van der Waals surface area contributed by atoms with Crippen LogP contribution in [0, 0.1) is 5.92 Å². The van der Waals surface area contributed by atoms with Crippen molar-refractivity contribution in [2.45, 2.75) is 18.6 Å². The lowest BCUT2D eigenvalue weighted by atomic mass is 10.1. The number of sulfonamides is 1. The number of hydrogen-bond acceptors (Lipinski definition) is 6. The van der Waals surface area contributed by atoms with Gasteiger partial charge in [0, 0.05) is 20.6 Å². The van der Waals surface area contributed by atoms with Crippen LogP contribution in [0.25, 0.3) is 0 Å². The number of carbonyl (C=O) groups is 1. The number of carbonyl (C=O) groups excluding carboxylic acids is 1. The van der Waals surface area contributed by atoms with E-state index in [0.717, 1.165) is 9.87 Å². The number of ether oxygens (including phenoxy) is 2. The number of benzene rings is 1. The van der Waals surface area contributed by atoms with Crippen LogP contribution in [-0.2, 0) is 21.2 Å². The summed E-state index contributed by atoms with van der Waals surface area (Å²) >= 11 is 0. The Labute approximate surface area is 155 Å². The number of nitrogens with two attached hydrogens (primary N) is 1. The van der Waals surface area contributed by atoms with Crippen LogP contribution in [0.4, 0.5) is 0 Å².